The van der Waals surface area contributed by atoms with Crippen LogP contribution in [-0.4, -0.2) is 4.98 Å². The Hall–Kier alpha value is -1.85. The molecule has 3 rings (SSSR count). The molecule has 0 saturated carbocycles. The van der Waals surface area contributed by atoms with Crippen molar-refractivity contribution in [3.8, 4) is 0 Å². The lowest BCUT2D eigenvalue weighted by Gasteiger charge is -2.09. The van der Waals surface area contributed by atoms with E-state index in [4.69, 9.17) is 0 Å². The van der Waals surface area contributed by atoms with Crippen molar-refractivity contribution in [3.63, 3.8) is 0 Å². The molecule has 2 N–H and O–H groups in total. The number of rotatable bonds is 6. The molecule has 0 spiro atoms. The van der Waals surface area contributed by atoms with Gasteiger partial charge in [0.05, 0.1) is 11.9 Å². The second-order valence-corrected chi connectivity index (χ2v) is 7.22. The highest BCUT2D eigenvalue weighted by atomic mass is 79.9. The lowest BCUT2D eigenvalue weighted by atomic mass is 10.2. The smallest absolute Gasteiger partial charge is 0.126 e. The van der Waals surface area contributed by atoms with Crippen molar-refractivity contribution in [1.82, 2.24) is 4.98 Å². The summed E-state index contributed by atoms with van der Waals surface area (Å²) in [4.78, 5) is 4.45. The predicted octanol–water partition coefficient (Wildman–Crippen LogP) is 5.83. The zero-order valence-corrected chi connectivity index (χ0v) is 16.1. The fraction of sp³-hybridized carbons (Fsp3) is 0.105. The molecular formula is C19H17Br2N3. The number of pyridine rings is 1. The first-order valence-corrected chi connectivity index (χ1v) is 9.20. The molecule has 3 nitrogen and oxygen atoms in total. The SMILES string of the molecule is Brc1ccc(CNc2ccc(NCc3ccc(Br)cc3)nc2)cc1. The Labute approximate surface area is 158 Å². The Kier molecular flexibility index (Phi) is 5.88. The molecule has 1 aromatic heterocycles. The first-order chi connectivity index (χ1) is 11.7. The highest BCUT2D eigenvalue weighted by Crippen LogP contribution is 2.15. The number of benzene rings is 2. The van der Waals surface area contributed by atoms with Crippen molar-refractivity contribution in [1.29, 1.82) is 0 Å². The number of hydrogen-bond donors (Lipinski definition) is 2. The first kappa shape index (κ1) is 17.0. The maximum absolute atomic E-state index is 4.45. The van der Waals surface area contributed by atoms with E-state index in [0.29, 0.717) is 0 Å². The molecule has 0 saturated heterocycles. The van der Waals surface area contributed by atoms with Crippen LogP contribution in [0.5, 0.6) is 0 Å². The van der Waals surface area contributed by atoms with Crippen LogP contribution in [0.15, 0.2) is 75.8 Å². The molecule has 3 aromatic rings. The summed E-state index contributed by atoms with van der Waals surface area (Å²) < 4.78 is 2.18. The van der Waals surface area contributed by atoms with Crippen molar-refractivity contribution in [2.24, 2.45) is 0 Å². The Morgan fingerprint density at radius 3 is 1.71 bits per heavy atom. The Morgan fingerprint density at radius 2 is 1.21 bits per heavy atom. The Bertz CT molecular complexity index is 701. The van der Waals surface area contributed by atoms with E-state index in [1.54, 1.807) is 0 Å². The minimum Gasteiger partial charge on any atom is -0.380 e. The maximum Gasteiger partial charge on any atom is 0.126 e. The van der Waals surface area contributed by atoms with Crippen LogP contribution >= 0.6 is 31.9 Å². The van der Waals surface area contributed by atoms with Gasteiger partial charge in [-0.1, -0.05) is 56.1 Å². The van der Waals surface area contributed by atoms with Gasteiger partial charge in [-0.05, 0) is 47.5 Å². The van der Waals surface area contributed by atoms with Crippen LogP contribution in [0.2, 0.25) is 0 Å². The minimum atomic E-state index is 0.756. The third-order valence-electron chi connectivity index (χ3n) is 3.56. The average molecular weight is 447 g/mol. The third-order valence-corrected chi connectivity index (χ3v) is 4.62. The van der Waals surface area contributed by atoms with Crippen LogP contribution in [0.4, 0.5) is 11.5 Å². The lowest BCUT2D eigenvalue weighted by molar-refractivity contribution is 1.10. The zero-order valence-electron chi connectivity index (χ0n) is 13.0. The van der Waals surface area contributed by atoms with Crippen LogP contribution < -0.4 is 10.6 Å². The van der Waals surface area contributed by atoms with E-state index in [0.717, 1.165) is 33.5 Å². The van der Waals surface area contributed by atoms with E-state index in [1.165, 1.54) is 11.1 Å². The van der Waals surface area contributed by atoms with Crippen molar-refractivity contribution in [2.75, 3.05) is 10.6 Å². The van der Waals surface area contributed by atoms with Gasteiger partial charge in [0.1, 0.15) is 5.82 Å². The fourth-order valence-corrected chi connectivity index (χ4v) is 2.73. The highest BCUT2D eigenvalue weighted by molar-refractivity contribution is 9.10. The molecule has 5 heteroatoms. The van der Waals surface area contributed by atoms with Gasteiger partial charge >= 0.3 is 0 Å². The lowest BCUT2D eigenvalue weighted by Crippen LogP contribution is -2.03. The van der Waals surface area contributed by atoms with Crippen LogP contribution in [0, 0.1) is 0 Å². The zero-order chi connectivity index (χ0) is 16.8. The number of aromatic nitrogens is 1. The summed E-state index contributed by atoms with van der Waals surface area (Å²) in [5.41, 5.74) is 3.46. The molecule has 0 aliphatic heterocycles. The average Bonchev–Trinajstić information content (AvgIpc) is 2.62. The van der Waals surface area contributed by atoms with Crippen molar-refractivity contribution >= 4 is 43.4 Å². The molecule has 2 aromatic carbocycles. The second-order valence-electron chi connectivity index (χ2n) is 5.39. The van der Waals surface area contributed by atoms with Crippen LogP contribution in [0.1, 0.15) is 11.1 Å². The molecule has 0 aliphatic rings. The van der Waals surface area contributed by atoms with Gasteiger partial charge < -0.3 is 10.6 Å². The quantitative estimate of drug-likeness (QED) is 0.500. The summed E-state index contributed by atoms with van der Waals surface area (Å²) in [5, 5.41) is 6.71. The van der Waals surface area contributed by atoms with Crippen LogP contribution in [0.25, 0.3) is 0 Å². The first-order valence-electron chi connectivity index (χ1n) is 7.62. The number of nitrogens with one attached hydrogen (secondary N) is 2. The summed E-state index contributed by atoms with van der Waals surface area (Å²) in [5.74, 6) is 0.868. The highest BCUT2D eigenvalue weighted by Gasteiger charge is 1.98. The second kappa shape index (κ2) is 8.31. The van der Waals surface area contributed by atoms with Gasteiger partial charge in [0, 0.05) is 22.0 Å². The van der Waals surface area contributed by atoms with E-state index < -0.39 is 0 Å². The van der Waals surface area contributed by atoms with Gasteiger partial charge in [-0.25, -0.2) is 4.98 Å². The normalized spacial score (nSPS) is 10.4. The number of hydrogen-bond acceptors (Lipinski definition) is 3. The molecule has 0 unspecified atom stereocenters. The maximum atomic E-state index is 4.45. The Morgan fingerprint density at radius 1 is 0.667 bits per heavy atom. The third kappa shape index (κ3) is 5.08. The molecule has 0 bridgehead atoms. The molecular weight excluding hydrogens is 430 g/mol. The van der Waals surface area contributed by atoms with Crippen molar-refractivity contribution in [3.05, 3.63) is 86.9 Å². The molecule has 0 fully saturated rings. The topological polar surface area (TPSA) is 37.0 Å². The number of nitrogens with zero attached hydrogens (tertiary/aromatic N) is 1. The van der Waals surface area contributed by atoms with E-state index in [-0.39, 0.29) is 0 Å². The van der Waals surface area contributed by atoms with Crippen LogP contribution in [-0.2, 0) is 13.1 Å². The van der Waals surface area contributed by atoms with Gasteiger partial charge in [-0.3, -0.25) is 0 Å². The number of anilines is 2. The Balaban J connectivity index is 1.51. The van der Waals surface area contributed by atoms with Gasteiger partial charge in [0.25, 0.3) is 0 Å². The van der Waals surface area contributed by atoms with Gasteiger partial charge in [0.15, 0.2) is 0 Å². The van der Waals surface area contributed by atoms with Gasteiger partial charge in [-0.15, -0.1) is 0 Å². The molecule has 24 heavy (non-hydrogen) atoms. The standard InChI is InChI=1S/C19H17Br2N3/c20-16-5-1-14(2-6-16)11-22-18-9-10-19(24-13-18)23-12-15-3-7-17(21)8-4-15/h1-10,13,22H,11-12H2,(H,23,24). The molecule has 0 radical (unpaired) electrons. The molecule has 1 heterocycles. The van der Waals surface area contributed by atoms with Crippen molar-refractivity contribution < 1.29 is 0 Å². The van der Waals surface area contributed by atoms with E-state index in [1.807, 2.05) is 42.6 Å². The van der Waals surface area contributed by atoms with Crippen molar-refractivity contribution in [2.45, 2.75) is 13.1 Å². The summed E-state index contributed by atoms with van der Waals surface area (Å²) in [7, 11) is 0. The van der Waals surface area contributed by atoms with E-state index in [2.05, 4.69) is 71.7 Å². The summed E-state index contributed by atoms with van der Waals surface area (Å²) in [6.45, 7) is 1.53. The van der Waals surface area contributed by atoms with Crippen LogP contribution in [0.3, 0.4) is 0 Å². The fourth-order valence-electron chi connectivity index (χ4n) is 2.20. The minimum absolute atomic E-state index is 0.756. The van der Waals surface area contributed by atoms with Gasteiger partial charge in [0.2, 0.25) is 0 Å². The monoisotopic (exact) mass is 445 g/mol. The largest absolute Gasteiger partial charge is 0.380 e. The van der Waals surface area contributed by atoms with Gasteiger partial charge in [-0.2, -0.15) is 0 Å². The molecule has 0 amide bonds. The molecule has 0 atom stereocenters. The predicted molar refractivity (Wildman–Crippen MR) is 107 cm³/mol. The summed E-state index contributed by atoms with van der Waals surface area (Å²) in [6.07, 6.45) is 1.85. The molecule has 0 aliphatic carbocycles. The van der Waals surface area contributed by atoms with E-state index >= 15 is 0 Å². The summed E-state index contributed by atoms with van der Waals surface area (Å²) >= 11 is 6.89. The number of halogens is 2. The molecule has 122 valence electrons. The summed E-state index contributed by atoms with van der Waals surface area (Å²) in [6, 6.07) is 20.6. The van der Waals surface area contributed by atoms with E-state index in [9.17, 15) is 0 Å².